The SMILES string of the molecule is CN1OC(c2ccc(F)cc2)CC1(Cn1cncn1)c1ccccc1. The van der Waals surface area contributed by atoms with Gasteiger partial charge in [-0.2, -0.15) is 10.2 Å². The number of rotatable bonds is 4. The molecule has 1 saturated heterocycles. The summed E-state index contributed by atoms with van der Waals surface area (Å²) >= 11 is 0. The smallest absolute Gasteiger partial charge is 0.137 e. The van der Waals surface area contributed by atoms with Gasteiger partial charge >= 0.3 is 0 Å². The lowest BCUT2D eigenvalue weighted by molar-refractivity contribution is -0.176. The third kappa shape index (κ3) is 2.94. The summed E-state index contributed by atoms with van der Waals surface area (Å²) in [7, 11) is 1.94. The second-order valence-corrected chi connectivity index (χ2v) is 6.34. The second-order valence-electron chi connectivity index (χ2n) is 6.34. The van der Waals surface area contributed by atoms with Crippen LogP contribution >= 0.6 is 0 Å². The van der Waals surface area contributed by atoms with Crippen LogP contribution in [-0.4, -0.2) is 26.9 Å². The molecular formula is C19H19FN4O. The molecule has 5 nitrogen and oxygen atoms in total. The van der Waals surface area contributed by atoms with Crippen molar-refractivity contribution in [2.24, 2.45) is 0 Å². The number of nitrogens with zero attached hydrogens (tertiary/aromatic N) is 4. The van der Waals surface area contributed by atoms with Gasteiger partial charge in [0, 0.05) is 13.5 Å². The van der Waals surface area contributed by atoms with E-state index in [-0.39, 0.29) is 17.5 Å². The van der Waals surface area contributed by atoms with Crippen molar-refractivity contribution in [1.29, 1.82) is 0 Å². The van der Waals surface area contributed by atoms with Gasteiger partial charge in [-0.15, -0.1) is 0 Å². The maximum absolute atomic E-state index is 13.2. The molecule has 6 heteroatoms. The zero-order chi connectivity index (χ0) is 17.3. The zero-order valence-corrected chi connectivity index (χ0v) is 13.9. The fourth-order valence-corrected chi connectivity index (χ4v) is 3.51. The summed E-state index contributed by atoms with van der Waals surface area (Å²) in [5, 5.41) is 6.17. The predicted octanol–water partition coefficient (Wildman–Crippen LogP) is 3.32. The van der Waals surface area contributed by atoms with Gasteiger partial charge < -0.3 is 0 Å². The lowest BCUT2D eigenvalue weighted by Gasteiger charge is -2.34. The van der Waals surface area contributed by atoms with Crippen LogP contribution in [0.5, 0.6) is 0 Å². The highest BCUT2D eigenvalue weighted by Crippen LogP contribution is 2.46. The molecule has 0 bridgehead atoms. The van der Waals surface area contributed by atoms with Crippen LogP contribution in [0.15, 0.2) is 67.3 Å². The monoisotopic (exact) mass is 338 g/mol. The molecule has 0 N–H and O–H groups in total. The van der Waals surface area contributed by atoms with E-state index in [9.17, 15) is 4.39 Å². The molecule has 1 aliphatic rings. The van der Waals surface area contributed by atoms with E-state index in [0.29, 0.717) is 6.54 Å². The third-order valence-corrected chi connectivity index (χ3v) is 4.85. The lowest BCUT2D eigenvalue weighted by Crippen LogP contribution is -2.41. The quantitative estimate of drug-likeness (QED) is 0.732. The Morgan fingerprint density at radius 1 is 1.16 bits per heavy atom. The minimum atomic E-state index is -0.381. The van der Waals surface area contributed by atoms with E-state index in [2.05, 4.69) is 22.2 Å². The first kappa shape index (κ1) is 15.9. The molecule has 0 spiro atoms. The average Bonchev–Trinajstić information content (AvgIpc) is 3.26. The number of benzene rings is 2. The molecule has 1 aromatic heterocycles. The van der Waals surface area contributed by atoms with Crippen LogP contribution in [0.2, 0.25) is 0 Å². The van der Waals surface area contributed by atoms with Crippen LogP contribution in [-0.2, 0) is 16.9 Å². The van der Waals surface area contributed by atoms with E-state index >= 15 is 0 Å². The van der Waals surface area contributed by atoms with Gasteiger partial charge in [-0.05, 0) is 23.3 Å². The maximum Gasteiger partial charge on any atom is 0.137 e. The van der Waals surface area contributed by atoms with E-state index in [1.54, 1.807) is 18.5 Å². The van der Waals surface area contributed by atoms with Crippen molar-refractivity contribution in [1.82, 2.24) is 19.8 Å². The van der Waals surface area contributed by atoms with Crippen molar-refractivity contribution in [3.05, 3.63) is 84.2 Å². The fraction of sp³-hybridized carbons (Fsp3) is 0.263. The van der Waals surface area contributed by atoms with Crippen LogP contribution in [0.25, 0.3) is 0 Å². The Kier molecular flexibility index (Phi) is 4.07. The average molecular weight is 338 g/mol. The topological polar surface area (TPSA) is 43.2 Å². The van der Waals surface area contributed by atoms with Crippen LogP contribution in [0.3, 0.4) is 0 Å². The summed E-state index contributed by atoms with van der Waals surface area (Å²) in [6, 6.07) is 16.8. The van der Waals surface area contributed by atoms with E-state index in [4.69, 9.17) is 4.84 Å². The molecule has 2 unspecified atom stereocenters. The molecule has 4 rings (SSSR count). The fourth-order valence-electron chi connectivity index (χ4n) is 3.51. The molecule has 0 amide bonds. The van der Waals surface area contributed by atoms with Gasteiger partial charge in [0.2, 0.25) is 0 Å². The van der Waals surface area contributed by atoms with Crippen molar-refractivity contribution in [2.75, 3.05) is 7.05 Å². The minimum absolute atomic E-state index is 0.144. The Hall–Kier alpha value is -2.57. The van der Waals surface area contributed by atoms with Crippen molar-refractivity contribution in [3.8, 4) is 0 Å². The van der Waals surface area contributed by atoms with Gasteiger partial charge in [-0.25, -0.2) is 9.37 Å². The molecule has 0 radical (unpaired) electrons. The van der Waals surface area contributed by atoms with Gasteiger partial charge in [0.05, 0.1) is 12.1 Å². The van der Waals surface area contributed by atoms with E-state index in [0.717, 1.165) is 17.5 Å². The summed E-state index contributed by atoms with van der Waals surface area (Å²) in [4.78, 5) is 10.2. The Morgan fingerprint density at radius 3 is 2.60 bits per heavy atom. The van der Waals surface area contributed by atoms with Crippen molar-refractivity contribution in [3.63, 3.8) is 0 Å². The normalized spacial score (nSPS) is 23.8. The summed E-state index contributed by atoms with van der Waals surface area (Å²) in [6.07, 6.45) is 3.84. The molecule has 1 aliphatic heterocycles. The molecule has 2 atom stereocenters. The van der Waals surface area contributed by atoms with Crippen LogP contribution in [0, 0.1) is 5.82 Å². The van der Waals surface area contributed by atoms with E-state index < -0.39 is 0 Å². The second kappa shape index (κ2) is 6.38. The van der Waals surface area contributed by atoms with Gasteiger partial charge in [-0.3, -0.25) is 9.52 Å². The summed E-state index contributed by atoms with van der Waals surface area (Å²) in [5.74, 6) is -0.243. The van der Waals surface area contributed by atoms with Crippen LogP contribution in [0.1, 0.15) is 23.7 Å². The molecule has 3 aromatic rings. The number of likely N-dealkylation sites (N-methyl/N-ethyl adjacent to an activating group) is 1. The zero-order valence-electron chi connectivity index (χ0n) is 13.9. The Morgan fingerprint density at radius 2 is 1.92 bits per heavy atom. The summed E-state index contributed by atoms with van der Waals surface area (Å²) < 4.78 is 15.1. The number of hydrogen-bond acceptors (Lipinski definition) is 4. The highest BCUT2D eigenvalue weighted by Gasteiger charge is 2.47. The van der Waals surface area contributed by atoms with Crippen molar-refractivity contribution < 1.29 is 9.23 Å². The third-order valence-electron chi connectivity index (χ3n) is 4.85. The van der Waals surface area contributed by atoms with Crippen molar-refractivity contribution >= 4 is 0 Å². The molecule has 0 aliphatic carbocycles. The Labute approximate surface area is 145 Å². The van der Waals surface area contributed by atoms with Crippen molar-refractivity contribution in [2.45, 2.75) is 24.6 Å². The molecule has 1 fully saturated rings. The van der Waals surface area contributed by atoms with Crippen LogP contribution < -0.4 is 0 Å². The summed E-state index contributed by atoms with van der Waals surface area (Å²) in [5.41, 5.74) is 1.73. The van der Waals surface area contributed by atoms with Gasteiger partial charge in [-0.1, -0.05) is 42.5 Å². The van der Waals surface area contributed by atoms with Crippen LogP contribution in [0.4, 0.5) is 4.39 Å². The molecule has 2 heterocycles. The van der Waals surface area contributed by atoms with E-state index in [1.807, 2.05) is 35.0 Å². The lowest BCUT2D eigenvalue weighted by atomic mass is 9.84. The number of hydrogen-bond donors (Lipinski definition) is 0. The number of aromatic nitrogens is 3. The minimum Gasteiger partial charge on any atom is -0.290 e. The molecular weight excluding hydrogens is 319 g/mol. The van der Waals surface area contributed by atoms with Gasteiger partial charge in [0.15, 0.2) is 0 Å². The summed E-state index contributed by atoms with van der Waals surface area (Å²) in [6.45, 7) is 0.616. The first-order valence-electron chi connectivity index (χ1n) is 8.21. The molecule has 25 heavy (non-hydrogen) atoms. The van der Waals surface area contributed by atoms with Gasteiger partial charge in [0.25, 0.3) is 0 Å². The maximum atomic E-state index is 13.2. The highest BCUT2D eigenvalue weighted by molar-refractivity contribution is 5.28. The first-order chi connectivity index (χ1) is 12.2. The first-order valence-corrected chi connectivity index (χ1v) is 8.21. The predicted molar refractivity (Wildman–Crippen MR) is 90.7 cm³/mol. The number of halogens is 1. The molecule has 0 saturated carbocycles. The molecule has 2 aromatic carbocycles. The van der Waals surface area contributed by atoms with E-state index in [1.165, 1.54) is 18.5 Å². The van der Waals surface area contributed by atoms with Gasteiger partial charge in [0.1, 0.15) is 24.6 Å². The Bertz CT molecular complexity index is 822. The highest BCUT2D eigenvalue weighted by atomic mass is 19.1. The number of hydroxylamine groups is 2. The standard InChI is InChI=1S/C19H19FN4O/c1-23-19(12-24-14-21-13-22-24,16-5-3-2-4-6-16)11-18(25-23)15-7-9-17(20)10-8-15/h2-10,13-14,18H,11-12H2,1H3. The molecule has 128 valence electrons. The Balaban J connectivity index is 1.72. The largest absolute Gasteiger partial charge is 0.290 e.